The lowest BCUT2D eigenvalue weighted by Crippen LogP contribution is -2.44. The number of rotatable bonds is 5. The number of carbonyl (C=O) groups is 2. The van der Waals surface area contributed by atoms with Crippen molar-refractivity contribution in [2.24, 2.45) is 5.92 Å². The molecule has 0 aromatic heterocycles. The molecule has 0 spiro atoms. The molecule has 2 aromatic rings. The quantitative estimate of drug-likeness (QED) is 0.909. The molecule has 3 rings (SSSR count). The zero-order valence-electron chi connectivity index (χ0n) is 13.9. The van der Waals surface area contributed by atoms with Crippen molar-refractivity contribution in [3.05, 3.63) is 54.6 Å². The molecule has 1 unspecified atom stereocenters. The molecule has 0 aliphatic carbocycles. The van der Waals surface area contributed by atoms with Crippen molar-refractivity contribution in [2.45, 2.75) is 12.8 Å². The molecule has 1 aliphatic rings. The van der Waals surface area contributed by atoms with E-state index in [1.165, 1.54) is 0 Å². The minimum absolute atomic E-state index is 0.0724. The standard InChI is InChI=1S/C20H21NO4/c22-19(21-12-4-7-17(13-21)20(23)24)14-25-18-10-8-16(9-11-18)15-5-2-1-3-6-15/h1-3,5-6,8-11,17H,4,7,12-14H2,(H,23,24). The Labute approximate surface area is 146 Å². The van der Waals surface area contributed by atoms with Gasteiger partial charge in [0.15, 0.2) is 6.61 Å². The summed E-state index contributed by atoms with van der Waals surface area (Å²) in [5.74, 6) is -0.851. The third-order valence-corrected chi connectivity index (χ3v) is 4.45. The molecule has 0 radical (unpaired) electrons. The van der Waals surface area contributed by atoms with Crippen molar-refractivity contribution in [3.8, 4) is 16.9 Å². The summed E-state index contributed by atoms with van der Waals surface area (Å²) >= 11 is 0. The Hall–Kier alpha value is -2.82. The van der Waals surface area contributed by atoms with E-state index in [9.17, 15) is 9.59 Å². The molecule has 25 heavy (non-hydrogen) atoms. The Kier molecular flexibility index (Phi) is 5.33. The summed E-state index contributed by atoms with van der Waals surface area (Å²) in [4.78, 5) is 24.9. The largest absolute Gasteiger partial charge is 0.484 e. The van der Waals surface area contributed by atoms with Gasteiger partial charge >= 0.3 is 5.97 Å². The SMILES string of the molecule is O=C(O)C1CCCN(C(=O)COc2ccc(-c3ccccc3)cc2)C1. The lowest BCUT2D eigenvalue weighted by atomic mass is 9.98. The van der Waals surface area contributed by atoms with Gasteiger partial charge in [0.25, 0.3) is 5.91 Å². The maximum Gasteiger partial charge on any atom is 0.308 e. The molecule has 130 valence electrons. The fraction of sp³-hybridized carbons (Fsp3) is 0.300. The van der Waals surface area contributed by atoms with Gasteiger partial charge in [-0.15, -0.1) is 0 Å². The number of carboxylic acid groups (broad SMARTS) is 1. The molecular formula is C20H21NO4. The van der Waals surface area contributed by atoms with Crippen LogP contribution >= 0.6 is 0 Å². The topological polar surface area (TPSA) is 66.8 Å². The van der Waals surface area contributed by atoms with Crippen molar-refractivity contribution in [2.75, 3.05) is 19.7 Å². The van der Waals surface area contributed by atoms with Crippen LogP contribution in [0.2, 0.25) is 0 Å². The van der Waals surface area contributed by atoms with Gasteiger partial charge in [-0.2, -0.15) is 0 Å². The average Bonchev–Trinajstić information content (AvgIpc) is 2.67. The van der Waals surface area contributed by atoms with Crippen molar-refractivity contribution < 1.29 is 19.4 Å². The lowest BCUT2D eigenvalue weighted by molar-refractivity contribution is -0.146. The van der Waals surface area contributed by atoms with Crippen LogP contribution in [0, 0.1) is 5.92 Å². The highest BCUT2D eigenvalue weighted by Gasteiger charge is 2.28. The predicted molar refractivity (Wildman–Crippen MR) is 94.3 cm³/mol. The van der Waals surface area contributed by atoms with E-state index in [2.05, 4.69) is 0 Å². The van der Waals surface area contributed by atoms with E-state index in [1.54, 1.807) is 4.90 Å². The lowest BCUT2D eigenvalue weighted by Gasteiger charge is -2.30. The monoisotopic (exact) mass is 339 g/mol. The van der Waals surface area contributed by atoms with Gasteiger partial charge in [0.1, 0.15) is 5.75 Å². The summed E-state index contributed by atoms with van der Waals surface area (Å²) in [7, 11) is 0. The molecule has 5 heteroatoms. The van der Waals surface area contributed by atoms with Crippen LogP contribution in [0.15, 0.2) is 54.6 Å². The van der Waals surface area contributed by atoms with Gasteiger partial charge in [-0.25, -0.2) is 0 Å². The third kappa shape index (κ3) is 4.38. The van der Waals surface area contributed by atoms with Gasteiger partial charge in [-0.3, -0.25) is 9.59 Å². The minimum Gasteiger partial charge on any atom is -0.484 e. The molecular weight excluding hydrogens is 318 g/mol. The highest BCUT2D eigenvalue weighted by atomic mass is 16.5. The number of piperidine rings is 1. The Bertz CT molecular complexity index is 727. The molecule has 5 nitrogen and oxygen atoms in total. The minimum atomic E-state index is -0.838. The van der Waals surface area contributed by atoms with Gasteiger partial charge < -0.3 is 14.7 Å². The zero-order valence-corrected chi connectivity index (χ0v) is 13.9. The Morgan fingerprint density at radius 1 is 1.04 bits per heavy atom. The molecule has 1 N–H and O–H groups in total. The Morgan fingerprint density at radius 3 is 2.40 bits per heavy atom. The molecule has 1 saturated heterocycles. The fourth-order valence-corrected chi connectivity index (χ4v) is 3.02. The fourth-order valence-electron chi connectivity index (χ4n) is 3.02. The van der Waals surface area contributed by atoms with E-state index < -0.39 is 11.9 Å². The first kappa shape index (κ1) is 17.0. The normalized spacial score (nSPS) is 17.1. The van der Waals surface area contributed by atoms with E-state index in [1.807, 2.05) is 54.6 Å². The maximum absolute atomic E-state index is 12.2. The molecule has 0 saturated carbocycles. The number of carboxylic acids is 1. The summed E-state index contributed by atoms with van der Waals surface area (Å²) in [5.41, 5.74) is 2.21. The van der Waals surface area contributed by atoms with Gasteiger partial charge in [0, 0.05) is 13.1 Å². The highest BCUT2D eigenvalue weighted by molar-refractivity contribution is 5.79. The third-order valence-electron chi connectivity index (χ3n) is 4.45. The number of hydrogen-bond donors (Lipinski definition) is 1. The smallest absolute Gasteiger partial charge is 0.308 e. The molecule has 1 fully saturated rings. The second kappa shape index (κ2) is 7.83. The number of amides is 1. The van der Waals surface area contributed by atoms with Gasteiger partial charge in [-0.1, -0.05) is 42.5 Å². The first-order valence-electron chi connectivity index (χ1n) is 8.42. The molecule has 2 aromatic carbocycles. The summed E-state index contributed by atoms with van der Waals surface area (Å²) in [5, 5.41) is 9.10. The average molecular weight is 339 g/mol. The Balaban J connectivity index is 1.54. The van der Waals surface area contributed by atoms with Crippen LogP contribution in [0.3, 0.4) is 0 Å². The number of nitrogens with zero attached hydrogens (tertiary/aromatic N) is 1. The zero-order chi connectivity index (χ0) is 17.6. The Morgan fingerprint density at radius 2 is 1.72 bits per heavy atom. The number of aliphatic carboxylic acids is 1. The van der Waals surface area contributed by atoms with E-state index >= 15 is 0 Å². The van der Waals surface area contributed by atoms with Gasteiger partial charge in [0.2, 0.25) is 0 Å². The van der Waals surface area contributed by atoms with E-state index in [-0.39, 0.29) is 19.1 Å². The number of likely N-dealkylation sites (tertiary alicyclic amines) is 1. The number of ether oxygens (including phenoxy) is 1. The van der Waals surface area contributed by atoms with E-state index in [0.29, 0.717) is 25.1 Å². The molecule has 1 atom stereocenters. The van der Waals surface area contributed by atoms with Crippen LogP contribution in [0.5, 0.6) is 5.75 Å². The van der Waals surface area contributed by atoms with Crippen molar-refractivity contribution >= 4 is 11.9 Å². The molecule has 0 bridgehead atoms. The first-order valence-corrected chi connectivity index (χ1v) is 8.42. The highest BCUT2D eigenvalue weighted by Crippen LogP contribution is 2.22. The van der Waals surface area contributed by atoms with Gasteiger partial charge in [-0.05, 0) is 36.1 Å². The van der Waals surface area contributed by atoms with Crippen LogP contribution in [0.1, 0.15) is 12.8 Å². The first-order chi connectivity index (χ1) is 12.1. The van der Waals surface area contributed by atoms with Crippen LogP contribution in [0.25, 0.3) is 11.1 Å². The van der Waals surface area contributed by atoms with E-state index in [0.717, 1.165) is 11.1 Å². The van der Waals surface area contributed by atoms with Crippen molar-refractivity contribution in [3.63, 3.8) is 0 Å². The maximum atomic E-state index is 12.2. The van der Waals surface area contributed by atoms with Crippen molar-refractivity contribution in [1.29, 1.82) is 0 Å². The molecule has 1 heterocycles. The number of benzene rings is 2. The predicted octanol–water partition coefficient (Wildman–Crippen LogP) is 3.06. The second-order valence-corrected chi connectivity index (χ2v) is 6.20. The number of carbonyl (C=O) groups excluding carboxylic acids is 1. The summed E-state index contributed by atoms with van der Waals surface area (Å²) in [6.45, 7) is 0.792. The second-order valence-electron chi connectivity index (χ2n) is 6.20. The van der Waals surface area contributed by atoms with Crippen LogP contribution in [-0.2, 0) is 9.59 Å². The summed E-state index contributed by atoms with van der Waals surface area (Å²) < 4.78 is 5.57. The summed E-state index contributed by atoms with van der Waals surface area (Å²) in [6.07, 6.45) is 1.34. The van der Waals surface area contributed by atoms with Crippen LogP contribution in [-0.4, -0.2) is 41.6 Å². The van der Waals surface area contributed by atoms with E-state index in [4.69, 9.17) is 9.84 Å². The summed E-state index contributed by atoms with van der Waals surface area (Å²) in [6, 6.07) is 17.6. The number of hydrogen-bond acceptors (Lipinski definition) is 3. The van der Waals surface area contributed by atoms with Crippen LogP contribution in [0.4, 0.5) is 0 Å². The molecule has 1 aliphatic heterocycles. The van der Waals surface area contributed by atoms with Crippen LogP contribution < -0.4 is 4.74 Å². The van der Waals surface area contributed by atoms with Gasteiger partial charge in [0.05, 0.1) is 5.92 Å². The molecule has 1 amide bonds. The van der Waals surface area contributed by atoms with Crippen molar-refractivity contribution in [1.82, 2.24) is 4.90 Å².